The van der Waals surface area contributed by atoms with Crippen molar-refractivity contribution < 1.29 is 13.2 Å². The van der Waals surface area contributed by atoms with Crippen molar-refractivity contribution in [2.75, 3.05) is 13.1 Å². The van der Waals surface area contributed by atoms with Gasteiger partial charge in [-0.2, -0.15) is 18.4 Å². The molecule has 1 saturated carbocycles. The molecule has 0 bridgehead atoms. The van der Waals surface area contributed by atoms with E-state index in [0.29, 0.717) is 11.6 Å². The van der Waals surface area contributed by atoms with Gasteiger partial charge in [-0.25, -0.2) is 0 Å². The number of fused-ring (bicyclic) bond motifs is 1. The molecular weight excluding hydrogens is 425 g/mol. The first-order valence-electron chi connectivity index (χ1n) is 11.8. The van der Waals surface area contributed by atoms with Crippen molar-refractivity contribution in [3.63, 3.8) is 0 Å². The number of nitrogens with zero attached hydrogens (tertiary/aromatic N) is 3. The summed E-state index contributed by atoms with van der Waals surface area (Å²) in [5, 5.41) is 10.3. The van der Waals surface area contributed by atoms with Crippen LogP contribution in [-0.4, -0.2) is 33.7 Å². The van der Waals surface area contributed by atoms with Gasteiger partial charge < -0.3 is 9.55 Å². The first kappa shape index (κ1) is 22.1. The van der Waals surface area contributed by atoms with E-state index in [1.807, 2.05) is 18.2 Å². The lowest BCUT2D eigenvalue weighted by atomic mass is 10.00. The number of benzene rings is 1. The lowest BCUT2D eigenvalue weighted by Crippen LogP contribution is -2.35. The van der Waals surface area contributed by atoms with Gasteiger partial charge in [-0.15, -0.1) is 0 Å². The molecule has 0 amide bonds. The van der Waals surface area contributed by atoms with E-state index in [0.717, 1.165) is 61.9 Å². The number of aryl methyl sites for hydroxylation is 2. The van der Waals surface area contributed by atoms with Crippen LogP contribution in [0.2, 0.25) is 0 Å². The number of aromatic nitrogens is 2. The summed E-state index contributed by atoms with van der Waals surface area (Å²) in [7, 11) is 0. The first-order chi connectivity index (χ1) is 15.8. The van der Waals surface area contributed by atoms with Crippen LogP contribution in [0.1, 0.15) is 72.3 Å². The smallest absolute Gasteiger partial charge is 0.346 e. The second-order valence-corrected chi connectivity index (χ2v) is 9.62. The highest BCUT2D eigenvalue weighted by molar-refractivity contribution is 5.85. The normalized spacial score (nSPS) is 18.2. The molecule has 1 saturated heterocycles. The predicted molar refractivity (Wildman–Crippen MR) is 122 cm³/mol. The summed E-state index contributed by atoms with van der Waals surface area (Å²) in [6.45, 7) is 4.82. The third kappa shape index (κ3) is 4.67. The molecule has 0 spiro atoms. The number of piperidine rings is 1. The van der Waals surface area contributed by atoms with Crippen molar-refractivity contribution in [2.24, 2.45) is 0 Å². The van der Waals surface area contributed by atoms with Gasteiger partial charge in [-0.3, -0.25) is 4.90 Å². The molecule has 2 aromatic heterocycles. The quantitative estimate of drug-likeness (QED) is 0.471. The van der Waals surface area contributed by atoms with Gasteiger partial charge in [0.25, 0.3) is 0 Å². The molecule has 0 radical (unpaired) electrons. The number of halogens is 3. The van der Waals surface area contributed by atoms with Crippen LogP contribution < -0.4 is 0 Å². The molecule has 174 valence electrons. The minimum absolute atomic E-state index is 0.0665. The van der Waals surface area contributed by atoms with Crippen LogP contribution >= 0.6 is 0 Å². The molecule has 2 aliphatic rings. The Morgan fingerprint density at radius 3 is 2.52 bits per heavy atom. The maximum atomic E-state index is 12.9. The number of nitrogens with one attached hydrogen (secondary N) is 1. The zero-order chi connectivity index (χ0) is 23.2. The Labute approximate surface area is 192 Å². The van der Waals surface area contributed by atoms with Gasteiger partial charge >= 0.3 is 6.18 Å². The van der Waals surface area contributed by atoms with Crippen LogP contribution in [0.15, 0.2) is 30.3 Å². The molecule has 1 aliphatic heterocycles. The summed E-state index contributed by atoms with van der Waals surface area (Å²) < 4.78 is 40.9. The zero-order valence-electron chi connectivity index (χ0n) is 18.9. The Morgan fingerprint density at radius 2 is 1.85 bits per heavy atom. The van der Waals surface area contributed by atoms with E-state index in [1.165, 1.54) is 16.8 Å². The lowest BCUT2D eigenvalue weighted by molar-refractivity contribution is -0.134. The second-order valence-electron chi connectivity index (χ2n) is 9.62. The van der Waals surface area contributed by atoms with Gasteiger partial charge in [0, 0.05) is 54.4 Å². The van der Waals surface area contributed by atoms with Crippen LogP contribution in [0.3, 0.4) is 0 Å². The van der Waals surface area contributed by atoms with Gasteiger partial charge in [0.05, 0.1) is 0 Å². The van der Waals surface area contributed by atoms with E-state index < -0.39 is 12.6 Å². The summed E-state index contributed by atoms with van der Waals surface area (Å²) in [6.07, 6.45) is -0.600. The van der Waals surface area contributed by atoms with Gasteiger partial charge in [0.1, 0.15) is 11.8 Å². The van der Waals surface area contributed by atoms with E-state index in [2.05, 4.69) is 39.6 Å². The largest absolute Gasteiger partial charge is 0.389 e. The average Bonchev–Trinajstić information content (AvgIpc) is 3.39. The maximum absolute atomic E-state index is 12.9. The Kier molecular flexibility index (Phi) is 5.74. The molecule has 5 rings (SSSR count). The highest BCUT2D eigenvalue weighted by Crippen LogP contribution is 2.43. The molecule has 3 heterocycles. The van der Waals surface area contributed by atoms with E-state index in [1.54, 1.807) is 0 Å². The van der Waals surface area contributed by atoms with Crippen molar-refractivity contribution in [2.45, 2.75) is 70.1 Å². The molecule has 3 aromatic rings. The minimum atomic E-state index is -4.12. The summed E-state index contributed by atoms with van der Waals surface area (Å²) in [6, 6.07) is 12.5. The second kappa shape index (κ2) is 8.57. The van der Waals surface area contributed by atoms with Gasteiger partial charge in [0.15, 0.2) is 0 Å². The molecule has 7 heteroatoms. The molecule has 1 N–H and O–H groups in total. The molecule has 0 unspecified atom stereocenters. The van der Waals surface area contributed by atoms with Gasteiger partial charge in [-0.05, 0) is 80.3 Å². The number of hydrogen-bond acceptors (Lipinski definition) is 2. The summed E-state index contributed by atoms with van der Waals surface area (Å²) in [5.41, 5.74) is 6.10. The van der Waals surface area contributed by atoms with Crippen molar-refractivity contribution in [1.29, 1.82) is 5.26 Å². The molecule has 1 aromatic carbocycles. The molecule has 0 atom stereocenters. The van der Waals surface area contributed by atoms with E-state index in [9.17, 15) is 13.2 Å². The fourth-order valence-corrected chi connectivity index (χ4v) is 5.34. The number of likely N-dealkylation sites (tertiary alicyclic amines) is 1. The maximum Gasteiger partial charge on any atom is 0.389 e. The number of hydrogen-bond donors (Lipinski definition) is 1. The SMILES string of the molecule is Cc1c(CN2CCC(n3c(CCC(F)(F)F)ccc3C3CC3)CC2)ccc2[nH]c(C#N)cc12. The van der Waals surface area contributed by atoms with E-state index in [-0.39, 0.29) is 12.5 Å². The molecular formula is C26H29F3N4. The molecule has 4 nitrogen and oxygen atoms in total. The van der Waals surface area contributed by atoms with Crippen molar-refractivity contribution >= 4 is 10.9 Å². The van der Waals surface area contributed by atoms with Crippen molar-refractivity contribution in [3.8, 4) is 6.07 Å². The lowest BCUT2D eigenvalue weighted by Gasteiger charge is -2.35. The standard InChI is InChI=1S/C26H29F3N4/c1-17-19(4-6-24-23(17)14-20(15-30)31-24)16-32-12-9-22(10-13-32)33-21(8-11-26(27,28)29)5-7-25(33)18-2-3-18/h4-7,14,18,22,31H,2-3,8-13,16H2,1H3. The number of alkyl halides is 3. The highest BCUT2D eigenvalue weighted by atomic mass is 19.4. The third-order valence-corrected chi connectivity index (χ3v) is 7.32. The fourth-order valence-electron chi connectivity index (χ4n) is 5.34. The first-order valence-corrected chi connectivity index (χ1v) is 11.8. The Hall–Kier alpha value is -2.72. The van der Waals surface area contributed by atoms with Crippen LogP contribution in [0.4, 0.5) is 13.2 Å². The minimum Gasteiger partial charge on any atom is -0.346 e. The van der Waals surface area contributed by atoms with Crippen molar-refractivity contribution in [3.05, 3.63) is 58.5 Å². The van der Waals surface area contributed by atoms with Crippen LogP contribution in [0, 0.1) is 18.3 Å². The average molecular weight is 455 g/mol. The van der Waals surface area contributed by atoms with E-state index in [4.69, 9.17) is 5.26 Å². The molecule has 33 heavy (non-hydrogen) atoms. The Bertz CT molecular complexity index is 1180. The third-order valence-electron chi connectivity index (χ3n) is 7.32. The number of nitriles is 1. The molecule has 1 aliphatic carbocycles. The monoisotopic (exact) mass is 454 g/mol. The van der Waals surface area contributed by atoms with Gasteiger partial charge in [-0.1, -0.05) is 6.07 Å². The zero-order valence-corrected chi connectivity index (χ0v) is 18.9. The topological polar surface area (TPSA) is 47.8 Å². The molecule has 2 fully saturated rings. The van der Waals surface area contributed by atoms with E-state index >= 15 is 0 Å². The number of H-pyrrole nitrogens is 1. The van der Waals surface area contributed by atoms with Crippen LogP contribution in [0.5, 0.6) is 0 Å². The summed E-state index contributed by atoms with van der Waals surface area (Å²) in [5.74, 6) is 0.525. The van der Waals surface area contributed by atoms with Crippen LogP contribution in [0.25, 0.3) is 10.9 Å². The number of rotatable bonds is 6. The Morgan fingerprint density at radius 1 is 1.09 bits per heavy atom. The summed E-state index contributed by atoms with van der Waals surface area (Å²) in [4.78, 5) is 5.58. The predicted octanol–water partition coefficient (Wildman–Crippen LogP) is 6.36. The van der Waals surface area contributed by atoms with Crippen molar-refractivity contribution in [1.82, 2.24) is 14.5 Å². The Balaban J connectivity index is 1.28. The summed E-state index contributed by atoms with van der Waals surface area (Å²) >= 11 is 0. The van der Waals surface area contributed by atoms with Gasteiger partial charge in [0.2, 0.25) is 0 Å². The highest BCUT2D eigenvalue weighted by Gasteiger charge is 2.33. The van der Waals surface area contributed by atoms with Crippen LogP contribution in [-0.2, 0) is 13.0 Å². The fraction of sp³-hybridized carbons (Fsp3) is 0.500. The number of aromatic amines is 1.